The molecule has 1 aliphatic rings. The molecule has 34 heavy (non-hydrogen) atoms. The number of hydrogen-bond acceptors (Lipinski definition) is 4. The lowest BCUT2D eigenvalue weighted by atomic mass is 10.0. The maximum absolute atomic E-state index is 13.4. The lowest BCUT2D eigenvalue weighted by Gasteiger charge is -2.24. The van der Waals surface area contributed by atoms with Crippen LogP contribution in [0.2, 0.25) is 5.02 Å². The van der Waals surface area contributed by atoms with E-state index in [1.165, 1.54) is 0 Å². The first-order valence-electron chi connectivity index (χ1n) is 11.3. The van der Waals surface area contributed by atoms with E-state index in [9.17, 15) is 14.7 Å². The Morgan fingerprint density at radius 1 is 1.12 bits per heavy atom. The molecule has 1 atom stereocenters. The van der Waals surface area contributed by atoms with Gasteiger partial charge in [-0.1, -0.05) is 29.8 Å². The number of carbonyl (C=O) groups is 2. The summed E-state index contributed by atoms with van der Waals surface area (Å²) in [4.78, 5) is 27.8. The molecule has 7 heteroatoms. The van der Waals surface area contributed by atoms with Crippen molar-refractivity contribution in [3.05, 3.63) is 94.0 Å². The van der Waals surface area contributed by atoms with Crippen molar-refractivity contribution < 1.29 is 19.4 Å². The second-order valence-electron chi connectivity index (χ2n) is 8.23. The van der Waals surface area contributed by atoms with E-state index in [4.69, 9.17) is 16.3 Å². The predicted molar refractivity (Wildman–Crippen MR) is 134 cm³/mol. The van der Waals surface area contributed by atoms with Gasteiger partial charge in [-0.25, -0.2) is 0 Å². The first-order valence-corrected chi connectivity index (χ1v) is 11.7. The molecule has 0 fully saturated rings. The van der Waals surface area contributed by atoms with Gasteiger partial charge in [-0.2, -0.15) is 0 Å². The normalized spacial score (nSPS) is 15.4. The van der Waals surface area contributed by atoms with Gasteiger partial charge >= 0.3 is 0 Å². The number of nitrogens with one attached hydrogen (secondary N) is 1. The van der Waals surface area contributed by atoms with Crippen molar-refractivity contribution >= 4 is 34.8 Å². The molecule has 0 saturated carbocycles. The third-order valence-corrected chi connectivity index (χ3v) is 6.15. The summed E-state index contributed by atoms with van der Waals surface area (Å²) in [5.41, 5.74) is 4.24. The number of aliphatic hydroxyl groups is 1. The number of carbonyl (C=O) groups excluding carboxylic acids is 2. The Morgan fingerprint density at radius 3 is 2.62 bits per heavy atom. The average Bonchev–Trinajstić information content (AvgIpc) is 3.02. The molecular formula is C27H27ClN2O4. The molecular weight excluding hydrogens is 452 g/mol. The van der Waals surface area contributed by atoms with Crippen LogP contribution < -0.4 is 10.2 Å². The summed E-state index contributed by atoms with van der Waals surface area (Å²) >= 11 is 6.24. The van der Waals surface area contributed by atoms with Crippen LogP contribution in [-0.2, 0) is 4.74 Å². The summed E-state index contributed by atoms with van der Waals surface area (Å²) in [6, 6.07) is 19.7. The molecule has 0 spiro atoms. The quantitative estimate of drug-likeness (QED) is 0.497. The average molecular weight is 479 g/mol. The molecule has 1 unspecified atom stereocenters. The number of aliphatic hydroxyl groups excluding tert-OH is 1. The highest BCUT2D eigenvalue weighted by molar-refractivity contribution is 6.30. The van der Waals surface area contributed by atoms with Crippen molar-refractivity contribution in [2.45, 2.75) is 25.9 Å². The van der Waals surface area contributed by atoms with Gasteiger partial charge in [0.25, 0.3) is 11.8 Å². The molecule has 4 rings (SSSR count). The third-order valence-electron chi connectivity index (χ3n) is 5.91. The maximum atomic E-state index is 13.4. The number of benzene rings is 3. The number of ether oxygens (including phenoxy) is 1. The van der Waals surface area contributed by atoms with Gasteiger partial charge in [-0.15, -0.1) is 0 Å². The van der Waals surface area contributed by atoms with Crippen molar-refractivity contribution in [3.8, 4) is 0 Å². The smallest absolute Gasteiger partial charge is 0.258 e. The standard InChI is InChI=1S/C27H27ClN2O4/c1-18-5-2-3-6-22(18)26(32)29-21-11-8-19(9-12-21)27(33)30-14-4-7-25(34-16-15-31)23-17-20(28)10-13-24(23)30/h2-3,5-6,8-13,17,25,31H,4,7,14-16H2,1H3,(H,29,32). The minimum Gasteiger partial charge on any atom is -0.394 e. The van der Waals surface area contributed by atoms with E-state index >= 15 is 0 Å². The van der Waals surface area contributed by atoms with E-state index in [2.05, 4.69) is 5.32 Å². The maximum Gasteiger partial charge on any atom is 0.258 e. The van der Waals surface area contributed by atoms with Gasteiger partial charge in [-0.3, -0.25) is 9.59 Å². The van der Waals surface area contributed by atoms with Crippen molar-refractivity contribution in [1.82, 2.24) is 0 Å². The lowest BCUT2D eigenvalue weighted by Crippen LogP contribution is -2.31. The summed E-state index contributed by atoms with van der Waals surface area (Å²) in [5.74, 6) is -0.326. The van der Waals surface area contributed by atoms with E-state index in [-0.39, 0.29) is 31.1 Å². The van der Waals surface area contributed by atoms with Crippen LogP contribution in [0.4, 0.5) is 11.4 Å². The second kappa shape index (κ2) is 10.8. The largest absolute Gasteiger partial charge is 0.394 e. The van der Waals surface area contributed by atoms with Gasteiger partial charge in [0.15, 0.2) is 0 Å². The Kier molecular flexibility index (Phi) is 7.63. The molecule has 2 amide bonds. The van der Waals surface area contributed by atoms with Crippen molar-refractivity contribution in [1.29, 1.82) is 0 Å². The SMILES string of the molecule is Cc1ccccc1C(=O)Nc1ccc(C(=O)N2CCCC(OCCO)c3cc(Cl)ccc32)cc1. The lowest BCUT2D eigenvalue weighted by molar-refractivity contribution is 0.0236. The fourth-order valence-electron chi connectivity index (χ4n) is 4.20. The van der Waals surface area contributed by atoms with Crippen molar-refractivity contribution in [2.75, 3.05) is 30.0 Å². The van der Waals surface area contributed by atoms with E-state index < -0.39 is 0 Å². The van der Waals surface area contributed by atoms with Gasteiger partial charge in [0.2, 0.25) is 0 Å². The van der Waals surface area contributed by atoms with Crippen LogP contribution in [-0.4, -0.2) is 36.7 Å². The second-order valence-corrected chi connectivity index (χ2v) is 8.67. The minimum absolute atomic E-state index is 0.0677. The van der Waals surface area contributed by atoms with Gasteiger partial charge in [0.05, 0.1) is 19.3 Å². The molecule has 0 bridgehead atoms. The number of hydrogen-bond donors (Lipinski definition) is 2. The topological polar surface area (TPSA) is 78.9 Å². The first kappa shape index (κ1) is 24.0. The Morgan fingerprint density at radius 2 is 1.88 bits per heavy atom. The number of anilines is 2. The van der Waals surface area contributed by atoms with Gasteiger partial charge in [0.1, 0.15) is 0 Å². The zero-order chi connectivity index (χ0) is 24.1. The zero-order valence-corrected chi connectivity index (χ0v) is 19.7. The number of nitrogens with zero attached hydrogens (tertiary/aromatic N) is 1. The summed E-state index contributed by atoms with van der Waals surface area (Å²) < 4.78 is 5.84. The minimum atomic E-state index is -0.238. The van der Waals surface area contributed by atoms with Crippen LogP contribution in [0.3, 0.4) is 0 Å². The zero-order valence-electron chi connectivity index (χ0n) is 19.0. The van der Waals surface area contributed by atoms with Crippen LogP contribution in [0.25, 0.3) is 0 Å². The van der Waals surface area contributed by atoms with Crippen LogP contribution in [0.15, 0.2) is 66.7 Å². The number of rotatable bonds is 6. The Bertz CT molecular complexity index is 1180. The van der Waals surface area contributed by atoms with Crippen LogP contribution in [0.1, 0.15) is 50.8 Å². The van der Waals surface area contributed by atoms with Crippen LogP contribution in [0, 0.1) is 6.92 Å². The molecule has 0 aliphatic carbocycles. The van der Waals surface area contributed by atoms with Gasteiger partial charge in [0, 0.05) is 39.6 Å². The fraction of sp³-hybridized carbons (Fsp3) is 0.259. The fourth-order valence-corrected chi connectivity index (χ4v) is 4.38. The monoisotopic (exact) mass is 478 g/mol. The van der Waals surface area contributed by atoms with Crippen LogP contribution in [0.5, 0.6) is 0 Å². The Hall–Kier alpha value is -3.19. The van der Waals surface area contributed by atoms with Crippen LogP contribution >= 0.6 is 11.6 Å². The molecule has 1 aliphatic heterocycles. The summed E-state index contributed by atoms with van der Waals surface area (Å²) in [5, 5.41) is 12.6. The highest BCUT2D eigenvalue weighted by Gasteiger charge is 2.28. The number of halogens is 1. The number of amides is 2. The molecule has 176 valence electrons. The van der Waals surface area contributed by atoms with E-state index in [0.29, 0.717) is 28.4 Å². The summed E-state index contributed by atoms with van der Waals surface area (Å²) in [6.45, 7) is 2.59. The number of aryl methyl sites for hydroxylation is 1. The molecule has 2 N–H and O–H groups in total. The summed E-state index contributed by atoms with van der Waals surface area (Å²) in [6.07, 6.45) is 1.23. The van der Waals surface area contributed by atoms with E-state index in [0.717, 1.165) is 29.7 Å². The molecule has 0 radical (unpaired) electrons. The Balaban J connectivity index is 1.54. The van der Waals surface area contributed by atoms with E-state index in [1.807, 2.05) is 37.3 Å². The predicted octanol–water partition coefficient (Wildman–Crippen LogP) is 5.39. The van der Waals surface area contributed by atoms with Crippen molar-refractivity contribution in [3.63, 3.8) is 0 Å². The molecule has 0 saturated heterocycles. The molecule has 3 aromatic carbocycles. The Labute approximate surface area is 204 Å². The molecule has 3 aromatic rings. The molecule has 6 nitrogen and oxygen atoms in total. The highest BCUT2D eigenvalue weighted by atomic mass is 35.5. The van der Waals surface area contributed by atoms with Gasteiger partial charge in [-0.05, 0) is 73.9 Å². The third kappa shape index (κ3) is 5.30. The van der Waals surface area contributed by atoms with E-state index in [1.54, 1.807) is 41.3 Å². The highest BCUT2D eigenvalue weighted by Crippen LogP contribution is 2.37. The number of fused-ring (bicyclic) bond motifs is 1. The summed E-state index contributed by atoms with van der Waals surface area (Å²) in [7, 11) is 0. The van der Waals surface area contributed by atoms with Crippen molar-refractivity contribution in [2.24, 2.45) is 0 Å². The van der Waals surface area contributed by atoms with Gasteiger partial charge < -0.3 is 20.1 Å². The molecule has 0 aromatic heterocycles. The first-order chi connectivity index (χ1) is 16.5. The molecule has 1 heterocycles.